The molecule has 0 saturated carbocycles. The molecule has 0 radical (unpaired) electrons. The van der Waals surface area contributed by atoms with E-state index in [1.165, 1.54) is 11.0 Å². The molecule has 336 valence electrons. The molecule has 2 atom stereocenters. The van der Waals surface area contributed by atoms with Crippen molar-refractivity contribution in [3.63, 3.8) is 0 Å². The minimum atomic E-state index is -0.542. The van der Waals surface area contributed by atoms with Crippen LogP contribution < -0.4 is 5.73 Å². The number of aliphatic hydroxyl groups is 1. The maximum atomic E-state index is 15.1. The van der Waals surface area contributed by atoms with Crippen LogP contribution >= 0.6 is 0 Å². The first-order chi connectivity index (χ1) is 30.4. The fraction of sp³-hybridized carbons (Fsp3) is 0.489. The third kappa shape index (κ3) is 9.41. The van der Waals surface area contributed by atoms with Crippen molar-refractivity contribution in [3.05, 3.63) is 74.9 Å². The predicted molar refractivity (Wildman–Crippen MR) is 241 cm³/mol. The third-order valence-corrected chi connectivity index (χ3v) is 12.7. The van der Waals surface area contributed by atoms with Gasteiger partial charge in [0.05, 0.1) is 66.8 Å². The summed E-state index contributed by atoms with van der Waals surface area (Å²) in [5, 5.41) is 8.98. The van der Waals surface area contributed by atoms with Crippen LogP contribution in [0.5, 0.6) is 0 Å². The molecule has 7 heterocycles. The molecule has 5 N–H and O–H groups in total. The lowest BCUT2D eigenvalue weighted by molar-refractivity contribution is -0.139. The molecule has 16 nitrogen and oxygen atoms in total. The van der Waals surface area contributed by atoms with Crippen molar-refractivity contribution < 1.29 is 38.5 Å². The zero-order chi connectivity index (χ0) is 44.9. The second-order valence-corrected chi connectivity index (χ2v) is 16.6. The second-order valence-electron chi connectivity index (χ2n) is 16.6. The van der Waals surface area contributed by atoms with Crippen molar-refractivity contribution in [2.75, 3.05) is 86.0 Å². The molecular formula is C47H60N8O8. The average molecular weight is 865 g/mol. The number of aliphatic hydroxyl groups excluding tert-OH is 1. The molecule has 7 rings (SSSR count). The summed E-state index contributed by atoms with van der Waals surface area (Å²) in [5.41, 5.74) is 16.1. The van der Waals surface area contributed by atoms with E-state index in [-0.39, 0.29) is 63.0 Å². The van der Waals surface area contributed by atoms with Gasteiger partial charge in [-0.2, -0.15) is 0 Å². The molecule has 0 aromatic carbocycles. The molecule has 4 aliphatic rings. The van der Waals surface area contributed by atoms with E-state index in [1.807, 2.05) is 39.0 Å². The van der Waals surface area contributed by atoms with E-state index in [9.17, 15) is 14.4 Å². The number of fused-ring (bicyclic) bond motifs is 8. The molecule has 3 aromatic rings. The zero-order valence-electron chi connectivity index (χ0n) is 37.3. The molecule has 16 heteroatoms. The summed E-state index contributed by atoms with van der Waals surface area (Å²) in [6.45, 7) is 14.3. The van der Waals surface area contributed by atoms with Gasteiger partial charge in [0.15, 0.2) is 0 Å². The summed E-state index contributed by atoms with van der Waals surface area (Å²) < 4.78 is 16.1. The van der Waals surface area contributed by atoms with Gasteiger partial charge in [0, 0.05) is 98.5 Å². The van der Waals surface area contributed by atoms with E-state index >= 15 is 4.79 Å². The van der Waals surface area contributed by atoms with Gasteiger partial charge < -0.3 is 39.9 Å². The number of nitrogens with two attached hydrogens (primary N) is 1. The highest BCUT2D eigenvalue weighted by atomic mass is 16.6. The normalized spacial score (nSPS) is 17.9. The topological polar surface area (TPSA) is 209 Å². The van der Waals surface area contributed by atoms with Gasteiger partial charge in [-0.15, -0.1) is 0 Å². The number of ether oxygens (including phenoxy) is 3. The highest BCUT2D eigenvalue weighted by molar-refractivity contribution is 6.23. The Balaban J connectivity index is 1.46. The molecule has 1 fully saturated rings. The van der Waals surface area contributed by atoms with Crippen LogP contribution in [0.25, 0.3) is 39.3 Å². The van der Waals surface area contributed by atoms with Crippen LogP contribution in [0.3, 0.4) is 0 Å². The Morgan fingerprint density at radius 3 is 2.43 bits per heavy atom. The number of rotatable bonds is 16. The highest BCUT2D eigenvalue weighted by Gasteiger charge is 2.41. The Kier molecular flexibility index (Phi) is 14.4. The number of likely N-dealkylation sites (N-methyl/N-ethyl adjacent to an activating group) is 1. The fourth-order valence-corrected chi connectivity index (χ4v) is 8.98. The molecular weight excluding hydrogens is 805 g/mol. The van der Waals surface area contributed by atoms with E-state index in [4.69, 9.17) is 35.0 Å². The molecule has 3 aromatic heterocycles. The lowest BCUT2D eigenvalue weighted by Gasteiger charge is -2.31. The number of hydrogen-bond donors (Lipinski definition) is 4. The van der Waals surface area contributed by atoms with Crippen LogP contribution in [0, 0.1) is 13.8 Å². The highest BCUT2D eigenvalue weighted by Crippen LogP contribution is 2.44. The van der Waals surface area contributed by atoms with Gasteiger partial charge in [-0.25, -0.2) is 9.78 Å². The van der Waals surface area contributed by atoms with Crippen molar-refractivity contribution in [2.24, 2.45) is 5.73 Å². The van der Waals surface area contributed by atoms with Crippen molar-refractivity contribution in [1.29, 1.82) is 0 Å². The van der Waals surface area contributed by atoms with Gasteiger partial charge in [-0.1, -0.05) is 13.8 Å². The zero-order valence-corrected chi connectivity index (χ0v) is 37.3. The van der Waals surface area contributed by atoms with E-state index in [2.05, 4.69) is 28.7 Å². The van der Waals surface area contributed by atoms with Crippen molar-refractivity contribution in [2.45, 2.75) is 65.7 Å². The first-order valence-electron chi connectivity index (χ1n) is 22.0. The number of aromatic nitrogens is 4. The average Bonchev–Trinajstić information content (AvgIpc) is 3.95. The number of esters is 1. The Morgan fingerprint density at radius 2 is 1.70 bits per heavy atom. The molecule has 3 amide bonds. The van der Waals surface area contributed by atoms with Gasteiger partial charge in [-0.05, 0) is 80.2 Å². The minimum absolute atomic E-state index is 0.0418. The monoisotopic (exact) mass is 864 g/mol. The van der Waals surface area contributed by atoms with Crippen molar-refractivity contribution >= 4 is 63.0 Å². The number of nitrogens with one attached hydrogen (secondary N) is 2. The molecule has 4 aliphatic heterocycles. The lowest BCUT2D eigenvalue weighted by Crippen LogP contribution is -2.47. The minimum Gasteiger partial charge on any atom is -0.460 e. The number of allylic oxidation sites excluding steroid dienone is 2. The number of imide groups is 1. The number of nitrogens with zero attached hydrogens (tertiary/aromatic N) is 5. The molecule has 0 spiro atoms. The number of carbonyl (C=O) groups excluding carboxylic acids is 4. The lowest BCUT2D eigenvalue weighted by atomic mass is 9.84. The molecule has 0 unspecified atom stereocenters. The quantitative estimate of drug-likeness (QED) is 0.0660. The van der Waals surface area contributed by atoms with Crippen LogP contribution in [0.4, 0.5) is 0 Å². The van der Waals surface area contributed by atoms with Gasteiger partial charge in [0.2, 0.25) is 5.91 Å². The Hall–Kier alpha value is -5.52. The van der Waals surface area contributed by atoms with Crippen molar-refractivity contribution in [1.82, 2.24) is 34.6 Å². The number of hydrogen-bond acceptors (Lipinski definition) is 12. The van der Waals surface area contributed by atoms with Crippen molar-refractivity contribution in [3.8, 4) is 0 Å². The predicted octanol–water partition coefficient (Wildman–Crippen LogP) is 4.85. The maximum Gasteiger partial charge on any atom is 0.330 e. The van der Waals surface area contributed by atoms with E-state index in [1.54, 1.807) is 18.0 Å². The summed E-state index contributed by atoms with van der Waals surface area (Å²) in [7, 11) is 1.74. The molecule has 0 aliphatic carbocycles. The first kappa shape index (κ1) is 45.5. The molecule has 1 saturated heterocycles. The van der Waals surface area contributed by atoms with Gasteiger partial charge in [-0.3, -0.25) is 29.2 Å². The third-order valence-electron chi connectivity index (χ3n) is 12.7. The summed E-state index contributed by atoms with van der Waals surface area (Å²) >= 11 is 0. The number of carbonyl (C=O) groups is 4. The largest absolute Gasteiger partial charge is 0.460 e. The first-order valence-corrected chi connectivity index (χ1v) is 22.0. The number of morpholine rings is 1. The molecule has 8 bridgehead atoms. The van der Waals surface area contributed by atoms with E-state index < -0.39 is 11.9 Å². The summed E-state index contributed by atoms with van der Waals surface area (Å²) in [6, 6.07) is 5.91. The molecule has 63 heavy (non-hydrogen) atoms. The number of H-pyrrole nitrogens is 2. The van der Waals surface area contributed by atoms with Gasteiger partial charge in [0.1, 0.15) is 6.61 Å². The summed E-state index contributed by atoms with van der Waals surface area (Å²) in [6.07, 6.45) is 4.40. The standard InChI is InChI=1S/C47H60N8O8/c1-7-31-27(2)35-25-39-32(9-11-41(58)63-23-22-62-21-18-56)28(3)34(50-39)24-36-29(4)33(8-10-40(57)53(6)13-12-48)44(51-36)43-45-42(30(5)37(52-45)26-38(31)49-35)46(59)55(47(43)60)15-14-54-16-19-61-20-17-54/h9,11,24-26,29,33,50,52,56H,7-8,10,12-23,48H2,1-6H3/b11-9+,34-24?,35-25?,36-24?,37-26?,38-26?,39-25?,44-43?/t29-,33-/m0/s1. The maximum absolute atomic E-state index is 15.1. The Morgan fingerprint density at radius 1 is 0.968 bits per heavy atom. The van der Waals surface area contributed by atoms with Gasteiger partial charge >= 0.3 is 5.97 Å². The van der Waals surface area contributed by atoms with E-state index in [0.29, 0.717) is 97.9 Å². The van der Waals surface area contributed by atoms with Crippen LogP contribution in [-0.2, 0) is 23.8 Å². The SMILES string of the molecule is CCC1=C(C)c2cc3[nH]c(cc4nc(c5c6[nH]c(cc1n2)c(C)c6C(=O)N(CCN1CCOCC1)C5=O)[C@@H](CCC(=O)N(C)CCN)[C@@H]4C)c(C)c3/C=C/C(=O)OCCOCCO. The Labute approximate surface area is 367 Å². The van der Waals surface area contributed by atoms with Crippen LogP contribution in [0.15, 0.2) is 24.3 Å². The summed E-state index contributed by atoms with van der Waals surface area (Å²) in [5.74, 6) is -1.98. The van der Waals surface area contributed by atoms with Crippen LogP contribution in [-0.4, -0.2) is 149 Å². The number of aromatic amines is 2. The second kappa shape index (κ2) is 19.9. The number of aryl methyl sites for hydroxylation is 2. The Bertz CT molecular complexity index is 2500. The number of amides is 3. The van der Waals surface area contributed by atoms with Crippen LogP contribution in [0.1, 0.15) is 112 Å². The van der Waals surface area contributed by atoms with E-state index in [0.717, 1.165) is 44.7 Å². The smallest absolute Gasteiger partial charge is 0.330 e. The summed E-state index contributed by atoms with van der Waals surface area (Å²) in [4.78, 5) is 78.7. The van der Waals surface area contributed by atoms with Crippen LogP contribution in [0.2, 0.25) is 0 Å². The van der Waals surface area contributed by atoms with Gasteiger partial charge in [0.25, 0.3) is 11.8 Å². The fourth-order valence-electron chi connectivity index (χ4n) is 8.98.